The number of nitrogens with zero attached hydrogens (tertiary/aromatic N) is 3. The number of alkyl halides is 3. The van der Waals surface area contributed by atoms with Gasteiger partial charge in [-0.3, -0.25) is 9.20 Å². The van der Waals surface area contributed by atoms with Crippen LogP contribution in [0.25, 0.3) is 5.65 Å². The maximum Gasteiger partial charge on any atom is 0.391 e. The van der Waals surface area contributed by atoms with Crippen LogP contribution in [0.2, 0.25) is 0 Å². The average molecular weight is 297 g/mol. The second-order valence-corrected chi connectivity index (χ2v) is 5.17. The molecule has 0 N–H and O–H groups in total. The standard InChI is InChI=1S/C14H14F3N3O/c15-14(16,17)10-4-7-19(8-5-10)13-11(9-21)20-6-2-1-3-12(20)18-13/h1-3,6,9-10H,4-5,7-8H2. The predicted molar refractivity (Wildman–Crippen MR) is 71.6 cm³/mol. The number of aldehydes is 1. The molecule has 3 rings (SSSR count). The molecule has 2 aromatic rings. The third kappa shape index (κ3) is 2.48. The lowest BCUT2D eigenvalue weighted by molar-refractivity contribution is -0.179. The number of halogens is 3. The summed E-state index contributed by atoms with van der Waals surface area (Å²) in [5.74, 6) is -0.790. The number of carbonyl (C=O) groups excluding carboxylic acids is 1. The van der Waals surface area contributed by atoms with Gasteiger partial charge in [0, 0.05) is 19.3 Å². The highest BCUT2D eigenvalue weighted by Crippen LogP contribution is 2.35. The Morgan fingerprint density at radius 1 is 1.24 bits per heavy atom. The number of hydrogen-bond donors (Lipinski definition) is 0. The summed E-state index contributed by atoms with van der Waals surface area (Å²) in [6.45, 7) is 0.518. The summed E-state index contributed by atoms with van der Waals surface area (Å²) in [6, 6.07) is 5.34. The van der Waals surface area contributed by atoms with E-state index in [1.54, 1.807) is 33.7 Å². The number of imidazole rings is 1. The normalized spacial score (nSPS) is 17.4. The SMILES string of the molecule is O=Cc1c(N2CCC(C(F)(F)F)CC2)nc2ccccn12. The second kappa shape index (κ2) is 5.05. The van der Waals surface area contributed by atoms with Crippen LogP contribution in [0.1, 0.15) is 23.3 Å². The summed E-state index contributed by atoms with van der Waals surface area (Å²) < 4.78 is 39.7. The third-order valence-corrected chi connectivity index (χ3v) is 3.92. The molecular weight excluding hydrogens is 283 g/mol. The first-order valence-electron chi connectivity index (χ1n) is 6.74. The smallest absolute Gasteiger partial charge is 0.355 e. The Bertz CT molecular complexity index is 657. The van der Waals surface area contributed by atoms with E-state index in [1.807, 2.05) is 0 Å². The molecule has 1 fully saturated rings. The summed E-state index contributed by atoms with van der Waals surface area (Å²) in [4.78, 5) is 17.4. The number of aromatic nitrogens is 2. The zero-order valence-corrected chi connectivity index (χ0v) is 11.2. The molecule has 0 aliphatic carbocycles. The second-order valence-electron chi connectivity index (χ2n) is 5.17. The number of anilines is 1. The average Bonchev–Trinajstić information content (AvgIpc) is 2.85. The van der Waals surface area contributed by atoms with Crippen LogP contribution in [0.3, 0.4) is 0 Å². The molecule has 2 aromatic heterocycles. The van der Waals surface area contributed by atoms with E-state index < -0.39 is 12.1 Å². The van der Waals surface area contributed by atoms with Gasteiger partial charge in [0.05, 0.1) is 5.92 Å². The molecule has 0 spiro atoms. The van der Waals surface area contributed by atoms with Crippen molar-refractivity contribution >= 4 is 17.8 Å². The minimum Gasteiger partial charge on any atom is -0.355 e. The highest BCUT2D eigenvalue weighted by atomic mass is 19.4. The lowest BCUT2D eigenvalue weighted by Gasteiger charge is -2.33. The molecule has 1 aliphatic rings. The summed E-state index contributed by atoms with van der Waals surface area (Å²) >= 11 is 0. The Balaban J connectivity index is 1.87. The predicted octanol–water partition coefficient (Wildman–Crippen LogP) is 2.93. The van der Waals surface area contributed by atoms with Crippen LogP contribution < -0.4 is 4.90 Å². The summed E-state index contributed by atoms with van der Waals surface area (Å²) in [5.41, 5.74) is 1.00. The number of pyridine rings is 1. The molecule has 21 heavy (non-hydrogen) atoms. The zero-order valence-electron chi connectivity index (χ0n) is 11.2. The van der Waals surface area contributed by atoms with E-state index in [9.17, 15) is 18.0 Å². The summed E-state index contributed by atoms with van der Waals surface area (Å²) in [5, 5.41) is 0. The summed E-state index contributed by atoms with van der Waals surface area (Å²) in [6.07, 6.45) is -1.65. The van der Waals surface area contributed by atoms with Gasteiger partial charge in [0.25, 0.3) is 0 Å². The summed E-state index contributed by atoms with van der Waals surface area (Å²) in [7, 11) is 0. The number of rotatable bonds is 2. The van der Waals surface area contributed by atoms with Crippen molar-refractivity contribution in [2.75, 3.05) is 18.0 Å². The number of piperidine rings is 1. The van der Waals surface area contributed by atoms with Crippen molar-refractivity contribution < 1.29 is 18.0 Å². The Morgan fingerprint density at radius 2 is 1.95 bits per heavy atom. The van der Waals surface area contributed by atoms with Crippen molar-refractivity contribution in [2.24, 2.45) is 5.92 Å². The molecule has 0 amide bonds. The largest absolute Gasteiger partial charge is 0.391 e. The Labute approximate surface area is 119 Å². The van der Waals surface area contributed by atoms with E-state index in [2.05, 4.69) is 4.98 Å². The van der Waals surface area contributed by atoms with E-state index in [1.165, 1.54) is 0 Å². The molecule has 4 nitrogen and oxygen atoms in total. The van der Waals surface area contributed by atoms with E-state index >= 15 is 0 Å². The highest BCUT2D eigenvalue weighted by molar-refractivity contribution is 5.83. The molecule has 3 heterocycles. The van der Waals surface area contributed by atoms with Gasteiger partial charge in [-0.25, -0.2) is 4.98 Å². The van der Waals surface area contributed by atoms with Crippen molar-refractivity contribution in [2.45, 2.75) is 19.0 Å². The van der Waals surface area contributed by atoms with Crippen LogP contribution in [0.15, 0.2) is 24.4 Å². The van der Waals surface area contributed by atoms with Crippen molar-refractivity contribution in [1.82, 2.24) is 9.38 Å². The molecule has 1 aliphatic heterocycles. The van der Waals surface area contributed by atoms with E-state index in [4.69, 9.17) is 0 Å². The molecule has 0 atom stereocenters. The molecule has 0 aromatic carbocycles. The fourth-order valence-electron chi connectivity index (χ4n) is 2.76. The topological polar surface area (TPSA) is 37.6 Å². The van der Waals surface area contributed by atoms with Crippen LogP contribution >= 0.6 is 0 Å². The van der Waals surface area contributed by atoms with Crippen LogP contribution in [0.4, 0.5) is 19.0 Å². The Morgan fingerprint density at radius 3 is 2.57 bits per heavy atom. The lowest BCUT2D eigenvalue weighted by atomic mass is 9.96. The molecule has 0 bridgehead atoms. The van der Waals surface area contributed by atoms with E-state index in [0.717, 1.165) is 0 Å². The van der Waals surface area contributed by atoms with Crippen molar-refractivity contribution in [3.63, 3.8) is 0 Å². The van der Waals surface area contributed by atoms with Gasteiger partial charge in [0.1, 0.15) is 11.3 Å². The maximum absolute atomic E-state index is 12.7. The van der Waals surface area contributed by atoms with Gasteiger partial charge in [-0.05, 0) is 25.0 Å². The van der Waals surface area contributed by atoms with Crippen LogP contribution in [-0.2, 0) is 0 Å². The fraction of sp³-hybridized carbons (Fsp3) is 0.429. The molecule has 0 saturated carbocycles. The molecular formula is C14H14F3N3O. The third-order valence-electron chi connectivity index (χ3n) is 3.92. The van der Waals surface area contributed by atoms with Crippen LogP contribution in [0.5, 0.6) is 0 Å². The van der Waals surface area contributed by atoms with E-state index in [0.29, 0.717) is 23.4 Å². The zero-order chi connectivity index (χ0) is 15.0. The molecule has 7 heteroatoms. The first kappa shape index (κ1) is 13.9. The molecule has 112 valence electrons. The molecule has 0 radical (unpaired) electrons. The fourth-order valence-corrected chi connectivity index (χ4v) is 2.76. The first-order chi connectivity index (χ1) is 10.0. The molecule has 1 saturated heterocycles. The van der Waals surface area contributed by atoms with Crippen LogP contribution in [0, 0.1) is 5.92 Å². The molecule has 0 unspecified atom stereocenters. The van der Waals surface area contributed by atoms with Crippen LogP contribution in [-0.4, -0.2) is 34.9 Å². The highest BCUT2D eigenvalue weighted by Gasteiger charge is 2.41. The van der Waals surface area contributed by atoms with E-state index in [-0.39, 0.29) is 25.9 Å². The number of hydrogen-bond acceptors (Lipinski definition) is 3. The van der Waals surface area contributed by atoms with Gasteiger partial charge in [0.2, 0.25) is 0 Å². The van der Waals surface area contributed by atoms with Gasteiger partial charge in [0.15, 0.2) is 12.1 Å². The van der Waals surface area contributed by atoms with Crippen molar-refractivity contribution in [3.05, 3.63) is 30.1 Å². The Kier molecular flexibility index (Phi) is 3.35. The van der Waals surface area contributed by atoms with Gasteiger partial charge >= 0.3 is 6.18 Å². The Hall–Kier alpha value is -2.05. The van der Waals surface area contributed by atoms with Gasteiger partial charge < -0.3 is 4.90 Å². The van der Waals surface area contributed by atoms with Gasteiger partial charge in [-0.2, -0.15) is 13.2 Å². The van der Waals surface area contributed by atoms with Crippen molar-refractivity contribution in [1.29, 1.82) is 0 Å². The minimum absolute atomic E-state index is 0.0374. The number of fused-ring (bicyclic) bond motifs is 1. The monoisotopic (exact) mass is 297 g/mol. The minimum atomic E-state index is -4.14. The quantitative estimate of drug-likeness (QED) is 0.800. The number of carbonyl (C=O) groups is 1. The lowest BCUT2D eigenvalue weighted by Crippen LogP contribution is -2.39. The van der Waals surface area contributed by atoms with Crippen molar-refractivity contribution in [3.8, 4) is 0 Å². The van der Waals surface area contributed by atoms with Gasteiger partial charge in [-0.1, -0.05) is 6.07 Å². The van der Waals surface area contributed by atoms with Gasteiger partial charge in [-0.15, -0.1) is 0 Å². The maximum atomic E-state index is 12.7. The first-order valence-corrected chi connectivity index (χ1v) is 6.74.